The van der Waals surface area contributed by atoms with E-state index in [2.05, 4.69) is 25.0 Å². The van der Waals surface area contributed by atoms with Crippen molar-refractivity contribution in [3.63, 3.8) is 0 Å². The number of benzene rings is 1. The number of anilines is 1. The van der Waals surface area contributed by atoms with E-state index in [-0.39, 0.29) is 17.5 Å². The summed E-state index contributed by atoms with van der Waals surface area (Å²) in [6.45, 7) is 4.84. The first-order valence-electron chi connectivity index (χ1n) is 11.3. The second kappa shape index (κ2) is 10.0. The van der Waals surface area contributed by atoms with Crippen LogP contribution in [0.25, 0.3) is 17.2 Å². The molecule has 3 aromatic heterocycles. The Hall–Kier alpha value is -4.20. The van der Waals surface area contributed by atoms with Crippen LogP contribution in [-0.2, 0) is 17.1 Å². The van der Waals surface area contributed by atoms with Gasteiger partial charge in [0.05, 0.1) is 31.6 Å². The highest BCUT2D eigenvalue weighted by molar-refractivity contribution is 7.93. The molecule has 0 bridgehead atoms. The van der Waals surface area contributed by atoms with Gasteiger partial charge < -0.3 is 14.7 Å². The smallest absolute Gasteiger partial charge is 0.243 e. The van der Waals surface area contributed by atoms with Crippen molar-refractivity contribution in [1.82, 2.24) is 29.5 Å². The minimum absolute atomic E-state index is 0.0977. The van der Waals surface area contributed by atoms with Crippen LogP contribution < -0.4 is 18.9 Å². The number of hydrogen-bond acceptors (Lipinski definition) is 9. The second-order valence-corrected chi connectivity index (χ2v) is 10.5. The fourth-order valence-electron chi connectivity index (χ4n) is 3.86. The Morgan fingerprint density at radius 1 is 1.11 bits per heavy atom. The van der Waals surface area contributed by atoms with E-state index in [4.69, 9.17) is 9.47 Å². The van der Waals surface area contributed by atoms with Crippen LogP contribution in [0.1, 0.15) is 31.2 Å². The first kappa shape index (κ1) is 25.9. The van der Waals surface area contributed by atoms with Crippen molar-refractivity contribution in [2.75, 3.05) is 18.9 Å². The number of sulfonamides is 1. The fraction of sp³-hybridized carbons (Fsp3) is 0.348. The van der Waals surface area contributed by atoms with Gasteiger partial charge in [0.2, 0.25) is 27.9 Å². The molecule has 0 fully saturated rings. The van der Waals surface area contributed by atoms with E-state index in [9.17, 15) is 13.6 Å². The molecule has 3 heterocycles. The topological polar surface area (TPSA) is 153 Å². The van der Waals surface area contributed by atoms with E-state index in [1.54, 1.807) is 56.0 Å². The Morgan fingerprint density at radius 2 is 1.78 bits per heavy atom. The van der Waals surface area contributed by atoms with Crippen LogP contribution in [-0.4, -0.2) is 57.4 Å². The molecule has 0 aliphatic carbocycles. The highest BCUT2D eigenvalue weighted by Gasteiger charge is 2.34. The highest BCUT2D eigenvalue weighted by atomic mass is 32.2. The molecular weight excluding hydrogens is 500 g/mol. The predicted octanol–water partition coefficient (Wildman–Crippen LogP) is 1.96. The van der Waals surface area contributed by atoms with Gasteiger partial charge in [0.15, 0.2) is 5.82 Å². The van der Waals surface area contributed by atoms with Crippen molar-refractivity contribution in [3.8, 4) is 28.7 Å². The molecule has 14 heteroatoms. The molecule has 2 unspecified atom stereocenters. The Labute approximate surface area is 214 Å². The number of nitrogens with zero attached hydrogens (tertiary/aromatic N) is 7. The lowest BCUT2D eigenvalue weighted by atomic mass is 10.1. The van der Waals surface area contributed by atoms with Crippen molar-refractivity contribution in [1.29, 1.82) is 0 Å². The molecule has 2 atom stereocenters. The molecule has 1 N–H and O–H groups in total. The summed E-state index contributed by atoms with van der Waals surface area (Å²) < 4.78 is 44.4. The van der Waals surface area contributed by atoms with Gasteiger partial charge in [-0.1, -0.05) is 13.0 Å². The van der Waals surface area contributed by atoms with Gasteiger partial charge in [-0.2, -0.15) is 9.83 Å². The summed E-state index contributed by atoms with van der Waals surface area (Å²) in [7, 11) is 0.652. The van der Waals surface area contributed by atoms with Gasteiger partial charge in [-0.25, -0.2) is 13.4 Å². The number of ether oxygens (including phenoxy) is 2. The normalized spacial score (nSPS) is 13.2. The van der Waals surface area contributed by atoms with Crippen LogP contribution in [0.5, 0.6) is 11.5 Å². The van der Waals surface area contributed by atoms with Gasteiger partial charge in [0.25, 0.3) is 0 Å². The van der Waals surface area contributed by atoms with Crippen LogP contribution in [0.15, 0.2) is 42.9 Å². The number of para-hydroxylation sites is 1. The maximum Gasteiger partial charge on any atom is 0.243 e. The molecule has 4 aromatic rings. The maximum absolute atomic E-state index is 13.5. The standard InChI is InChI=1S/C23H28N8O5S/c1-14-13-30(32)18(12-24-14)15(2)16(3)37(33,34)28-23-26-25-22(17-10-11-29(4)27-17)31(23)21-19(35-5)8-7-9-20(21)36-6/h7-13,15-16H,1-6H3,(H,26,28). The third-order valence-electron chi connectivity index (χ3n) is 6.08. The number of aromatic nitrogens is 7. The number of nitrogens with one attached hydrogen (secondary N) is 1. The SMILES string of the molecule is COc1cccc(OC)c1-n1c(NS(=O)(=O)C(C)C(C)c2cnc(C)c[n+]2[O-])nnc1-c1ccn(C)n1. The molecule has 0 saturated carbocycles. The van der Waals surface area contributed by atoms with Gasteiger partial charge in [-0.05, 0) is 32.0 Å². The number of aryl methyl sites for hydroxylation is 2. The number of methoxy groups -OCH3 is 2. The second-order valence-electron chi connectivity index (χ2n) is 8.49. The van der Waals surface area contributed by atoms with Crippen molar-refractivity contribution in [2.24, 2.45) is 7.05 Å². The Balaban J connectivity index is 1.82. The summed E-state index contributed by atoms with van der Waals surface area (Å²) in [5.74, 6) is 0.282. The molecule has 0 radical (unpaired) electrons. The lowest BCUT2D eigenvalue weighted by molar-refractivity contribution is -0.616. The zero-order chi connectivity index (χ0) is 26.9. The van der Waals surface area contributed by atoms with Crippen molar-refractivity contribution < 1.29 is 22.6 Å². The summed E-state index contributed by atoms with van der Waals surface area (Å²) in [4.78, 5) is 4.14. The molecule has 0 saturated heterocycles. The van der Waals surface area contributed by atoms with E-state index in [0.717, 1.165) is 0 Å². The van der Waals surface area contributed by atoms with E-state index in [1.807, 2.05) is 0 Å². The van der Waals surface area contributed by atoms with Crippen LogP contribution in [0.3, 0.4) is 0 Å². The van der Waals surface area contributed by atoms with E-state index in [0.29, 0.717) is 33.3 Å². The fourth-order valence-corrected chi connectivity index (χ4v) is 5.11. The molecule has 0 aliphatic rings. The summed E-state index contributed by atoms with van der Waals surface area (Å²) in [6, 6.07) is 6.89. The van der Waals surface area contributed by atoms with Gasteiger partial charge in [0.1, 0.15) is 28.6 Å². The first-order valence-corrected chi connectivity index (χ1v) is 12.9. The van der Waals surface area contributed by atoms with Crippen molar-refractivity contribution in [2.45, 2.75) is 31.9 Å². The Bertz CT molecular complexity index is 1510. The third-order valence-corrected chi connectivity index (χ3v) is 7.94. The van der Waals surface area contributed by atoms with Crippen molar-refractivity contribution >= 4 is 16.0 Å². The monoisotopic (exact) mass is 528 g/mol. The number of hydrogen-bond donors (Lipinski definition) is 1. The molecule has 196 valence electrons. The van der Waals surface area contributed by atoms with Crippen LogP contribution in [0.2, 0.25) is 0 Å². The maximum atomic E-state index is 13.5. The van der Waals surface area contributed by atoms with Crippen LogP contribution in [0, 0.1) is 12.1 Å². The van der Waals surface area contributed by atoms with E-state index < -0.39 is 21.2 Å². The minimum atomic E-state index is -4.08. The molecule has 0 amide bonds. The average molecular weight is 529 g/mol. The lowest BCUT2D eigenvalue weighted by Crippen LogP contribution is -2.39. The molecule has 1 aromatic carbocycles. The molecule has 13 nitrogen and oxygen atoms in total. The summed E-state index contributed by atoms with van der Waals surface area (Å²) in [6.07, 6.45) is 4.43. The van der Waals surface area contributed by atoms with Gasteiger partial charge in [-0.3, -0.25) is 14.0 Å². The van der Waals surface area contributed by atoms with Crippen molar-refractivity contribution in [3.05, 3.63) is 59.5 Å². The number of rotatable bonds is 9. The summed E-state index contributed by atoms with van der Waals surface area (Å²) in [5, 5.41) is 24.2. The quantitative estimate of drug-likeness (QED) is 0.254. The first-order chi connectivity index (χ1) is 17.6. The Kier molecular flexibility index (Phi) is 7.03. The zero-order valence-corrected chi connectivity index (χ0v) is 22.1. The molecule has 0 aliphatic heterocycles. The zero-order valence-electron chi connectivity index (χ0n) is 21.3. The van der Waals surface area contributed by atoms with Gasteiger partial charge in [-0.15, -0.1) is 10.2 Å². The summed E-state index contributed by atoms with van der Waals surface area (Å²) >= 11 is 0. The van der Waals surface area contributed by atoms with Gasteiger partial charge in [0, 0.05) is 13.2 Å². The third kappa shape index (κ3) is 4.91. The van der Waals surface area contributed by atoms with Crippen LogP contribution in [0.4, 0.5) is 5.95 Å². The molecule has 0 spiro atoms. The van der Waals surface area contributed by atoms with Gasteiger partial charge >= 0.3 is 0 Å². The molecule has 37 heavy (non-hydrogen) atoms. The highest BCUT2D eigenvalue weighted by Crippen LogP contribution is 2.37. The summed E-state index contributed by atoms with van der Waals surface area (Å²) in [5.41, 5.74) is 1.59. The van der Waals surface area contributed by atoms with E-state index in [1.165, 1.54) is 38.1 Å². The lowest BCUT2D eigenvalue weighted by Gasteiger charge is -2.21. The average Bonchev–Trinajstić information content (AvgIpc) is 3.47. The van der Waals surface area contributed by atoms with E-state index >= 15 is 0 Å². The minimum Gasteiger partial charge on any atom is -0.618 e. The predicted molar refractivity (Wildman–Crippen MR) is 135 cm³/mol. The largest absolute Gasteiger partial charge is 0.618 e. The molecule has 4 rings (SSSR count). The van der Waals surface area contributed by atoms with Crippen LogP contribution >= 0.6 is 0 Å². The molecular formula is C23H28N8O5S. The Morgan fingerprint density at radius 3 is 2.35 bits per heavy atom.